The molecular formula is C14H23ClN2O2S. The smallest absolute Gasteiger partial charge is 0.243 e. The number of nitrogens with two attached hydrogens (primary N) is 1. The van der Waals surface area contributed by atoms with Gasteiger partial charge in [0.05, 0.1) is 4.90 Å². The fraction of sp³-hybridized carbons (Fsp3) is 0.571. The third kappa shape index (κ3) is 3.34. The molecule has 0 radical (unpaired) electrons. The first-order chi connectivity index (χ1) is 8.82. The highest BCUT2D eigenvalue weighted by Gasteiger charge is 2.35. The molecule has 1 heterocycles. The van der Waals surface area contributed by atoms with Crippen molar-refractivity contribution in [2.75, 3.05) is 13.1 Å². The summed E-state index contributed by atoms with van der Waals surface area (Å²) in [6, 6.07) is 7.09. The third-order valence-corrected chi connectivity index (χ3v) is 5.67. The number of nitrogens with zero attached hydrogens (tertiary/aromatic N) is 1. The Morgan fingerprint density at radius 3 is 2.15 bits per heavy atom. The lowest BCUT2D eigenvalue weighted by Gasteiger charge is -2.16. The van der Waals surface area contributed by atoms with Crippen molar-refractivity contribution in [1.82, 2.24) is 4.31 Å². The zero-order valence-electron chi connectivity index (χ0n) is 12.1. The van der Waals surface area contributed by atoms with Gasteiger partial charge >= 0.3 is 0 Å². The molecule has 0 aliphatic carbocycles. The van der Waals surface area contributed by atoms with E-state index in [1.54, 1.807) is 12.1 Å². The van der Waals surface area contributed by atoms with Gasteiger partial charge in [-0.1, -0.05) is 32.9 Å². The third-order valence-electron chi connectivity index (χ3n) is 3.82. The van der Waals surface area contributed by atoms with Gasteiger partial charge in [-0.2, -0.15) is 4.31 Å². The molecule has 1 aliphatic rings. The van der Waals surface area contributed by atoms with E-state index in [1.807, 2.05) is 19.1 Å². The Labute approximate surface area is 127 Å². The maximum absolute atomic E-state index is 12.5. The Morgan fingerprint density at radius 2 is 1.75 bits per heavy atom. The zero-order chi connectivity index (χ0) is 14.2. The van der Waals surface area contributed by atoms with E-state index < -0.39 is 10.0 Å². The van der Waals surface area contributed by atoms with E-state index in [1.165, 1.54) is 4.31 Å². The van der Waals surface area contributed by atoms with Gasteiger partial charge in [-0.25, -0.2) is 8.42 Å². The molecule has 0 bridgehead atoms. The zero-order valence-corrected chi connectivity index (χ0v) is 13.7. The molecule has 1 aromatic carbocycles. The maximum Gasteiger partial charge on any atom is 0.243 e. The summed E-state index contributed by atoms with van der Waals surface area (Å²) in [4.78, 5) is 0.359. The largest absolute Gasteiger partial charge is 0.326 e. The molecule has 2 rings (SSSR count). The second-order valence-electron chi connectivity index (χ2n) is 5.69. The molecule has 2 atom stereocenters. The molecule has 0 amide bonds. The van der Waals surface area contributed by atoms with Crippen LogP contribution >= 0.6 is 12.4 Å². The number of hydrogen-bond acceptors (Lipinski definition) is 3. The predicted molar refractivity (Wildman–Crippen MR) is 83.7 cm³/mol. The summed E-state index contributed by atoms with van der Waals surface area (Å²) in [5.74, 6) is 0.613. The van der Waals surface area contributed by atoms with Crippen molar-refractivity contribution < 1.29 is 8.42 Å². The molecule has 1 fully saturated rings. The lowest BCUT2D eigenvalue weighted by atomic mass is 10.0. The fourth-order valence-corrected chi connectivity index (χ4v) is 3.89. The van der Waals surface area contributed by atoms with Crippen LogP contribution in [-0.2, 0) is 10.0 Å². The van der Waals surface area contributed by atoms with Crippen LogP contribution in [0.1, 0.15) is 32.3 Å². The van der Waals surface area contributed by atoms with Crippen LogP contribution in [0.25, 0.3) is 0 Å². The molecule has 2 unspecified atom stereocenters. The van der Waals surface area contributed by atoms with Crippen LogP contribution in [0.15, 0.2) is 29.2 Å². The van der Waals surface area contributed by atoms with Gasteiger partial charge in [0.25, 0.3) is 0 Å². The topological polar surface area (TPSA) is 63.4 Å². The van der Waals surface area contributed by atoms with Gasteiger partial charge in [0.2, 0.25) is 10.0 Å². The van der Waals surface area contributed by atoms with E-state index in [0.717, 1.165) is 5.56 Å². The molecule has 1 aromatic rings. The van der Waals surface area contributed by atoms with Crippen LogP contribution in [0, 0.1) is 5.92 Å². The van der Waals surface area contributed by atoms with Gasteiger partial charge in [-0.3, -0.25) is 0 Å². The minimum absolute atomic E-state index is 0. The molecule has 0 spiro atoms. The quantitative estimate of drug-likeness (QED) is 0.929. The van der Waals surface area contributed by atoms with E-state index in [-0.39, 0.29) is 24.4 Å². The summed E-state index contributed by atoms with van der Waals surface area (Å²) in [5, 5.41) is 0. The Morgan fingerprint density at radius 1 is 1.20 bits per heavy atom. The Kier molecular flexibility index (Phi) is 5.61. The van der Waals surface area contributed by atoms with Crippen LogP contribution < -0.4 is 5.73 Å². The first-order valence-electron chi connectivity index (χ1n) is 6.68. The molecule has 1 saturated heterocycles. The summed E-state index contributed by atoms with van der Waals surface area (Å²) in [5.41, 5.74) is 7.05. The highest BCUT2D eigenvalue weighted by Crippen LogP contribution is 2.24. The average Bonchev–Trinajstić information content (AvgIpc) is 2.70. The van der Waals surface area contributed by atoms with Crippen molar-refractivity contribution in [1.29, 1.82) is 0 Å². The van der Waals surface area contributed by atoms with Crippen molar-refractivity contribution in [2.45, 2.75) is 37.6 Å². The van der Waals surface area contributed by atoms with Gasteiger partial charge in [-0.15, -0.1) is 12.4 Å². The van der Waals surface area contributed by atoms with Crippen LogP contribution in [-0.4, -0.2) is 31.9 Å². The molecule has 1 aliphatic heterocycles. The molecule has 4 nitrogen and oxygen atoms in total. The van der Waals surface area contributed by atoms with E-state index >= 15 is 0 Å². The van der Waals surface area contributed by atoms with Gasteiger partial charge < -0.3 is 5.73 Å². The monoisotopic (exact) mass is 318 g/mol. The predicted octanol–water partition coefficient (Wildman–Crippen LogP) is 2.20. The number of rotatable bonds is 3. The Hall–Kier alpha value is -0.620. The highest BCUT2D eigenvalue weighted by atomic mass is 35.5. The molecular weight excluding hydrogens is 296 g/mol. The Bertz CT molecular complexity index is 533. The summed E-state index contributed by atoms with van der Waals surface area (Å²) in [7, 11) is -3.39. The summed E-state index contributed by atoms with van der Waals surface area (Å²) < 4.78 is 26.4. The van der Waals surface area contributed by atoms with Crippen LogP contribution in [0.4, 0.5) is 0 Å². The van der Waals surface area contributed by atoms with E-state index in [0.29, 0.717) is 23.9 Å². The lowest BCUT2D eigenvalue weighted by Crippen LogP contribution is -2.32. The van der Waals surface area contributed by atoms with Crippen molar-refractivity contribution in [3.05, 3.63) is 29.8 Å². The van der Waals surface area contributed by atoms with Crippen molar-refractivity contribution in [3.8, 4) is 0 Å². The van der Waals surface area contributed by atoms with Gasteiger partial charge in [0.15, 0.2) is 0 Å². The van der Waals surface area contributed by atoms with Gasteiger partial charge in [0.1, 0.15) is 0 Å². The highest BCUT2D eigenvalue weighted by molar-refractivity contribution is 7.89. The van der Waals surface area contributed by atoms with Crippen LogP contribution in [0.5, 0.6) is 0 Å². The SMILES string of the molecule is CC(C)c1ccc(S(=O)(=O)N2CC(C)C(N)C2)cc1.Cl. The lowest BCUT2D eigenvalue weighted by molar-refractivity contribution is 0.464. The van der Waals surface area contributed by atoms with Crippen molar-refractivity contribution in [3.63, 3.8) is 0 Å². The minimum atomic E-state index is -3.39. The summed E-state index contributed by atoms with van der Waals surface area (Å²) >= 11 is 0. The summed E-state index contributed by atoms with van der Waals surface area (Å²) in [6.07, 6.45) is 0. The fourth-order valence-electron chi connectivity index (χ4n) is 2.32. The average molecular weight is 319 g/mol. The number of benzene rings is 1. The van der Waals surface area contributed by atoms with Crippen molar-refractivity contribution >= 4 is 22.4 Å². The first kappa shape index (κ1) is 17.4. The van der Waals surface area contributed by atoms with Crippen LogP contribution in [0.2, 0.25) is 0 Å². The standard InChI is InChI=1S/C14H22N2O2S.ClH/c1-10(2)12-4-6-13(7-5-12)19(17,18)16-8-11(3)14(15)9-16;/h4-7,10-11,14H,8-9,15H2,1-3H3;1H. The second-order valence-corrected chi connectivity index (χ2v) is 7.62. The molecule has 0 saturated carbocycles. The van der Waals surface area contributed by atoms with E-state index in [2.05, 4.69) is 13.8 Å². The number of sulfonamides is 1. The van der Waals surface area contributed by atoms with E-state index in [4.69, 9.17) is 5.73 Å². The van der Waals surface area contributed by atoms with Crippen LogP contribution in [0.3, 0.4) is 0 Å². The molecule has 20 heavy (non-hydrogen) atoms. The Balaban J connectivity index is 0.00000200. The first-order valence-corrected chi connectivity index (χ1v) is 8.12. The summed E-state index contributed by atoms with van der Waals surface area (Å²) in [6.45, 7) is 7.09. The molecule has 0 aromatic heterocycles. The second kappa shape index (κ2) is 6.43. The molecule has 6 heteroatoms. The van der Waals surface area contributed by atoms with Gasteiger partial charge in [0, 0.05) is 19.1 Å². The molecule has 2 N–H and O–H groups in total. The van der Waals surface area contributed by atoms with Crippen molar-refractivity contribution in [2.24, 2.45) is 11.7 Å². The minimum Gasteiger partial charge on any atom is -0.326 e. The number of hydrogen-bond donors (Lipinski definition) is 1. The maximum atomic E-state index is 12.5. The van der Waals surface area contributed by atoms with E-state index in [9.17, 15) is 8.42 Å². The number of halogens is 1. The molecule has 114 valence electrons. The normalized spacial score (nSPS) is 23.9. The van der Waals surface area contributed by atoms with Gasteiger partial charge in [-0.05, 0) is 29.5 Å².